The van der Waals surface area contributed by atoms with Crippen molar-refractivity contribution < 1.29 is 4.79 Å². The molecule has 0 N–H and O–H groups in total. The van der Waals surface area contributed by atoms with Crippen molar-refractivity contribution in [1.29, 1.82) is 5.26 Å². The summed E-state index contributed by atoms with van der Waals surface area (Å²) in [6.45, 7) is 1.84. The molecule has 2 aromatic rings. The zero-order chi connectivity index (χ0) is 12.4. The maximum Gasteiger partial charge on any atom is 0.194 e. The van der Waals surface area contributed by atoms with Crippen molar-refractivity contribution in [2.24, 2.45) is 7.05 Å². The van der Waals surface area contributed by atoms with E-state index < -0.39 is 0 Å². The lowest BCUT2D eigenvalue weighted by molar-refractivity contribution is 0.103. The maximum atomic E-state index is 12.2. The van der Waals surface area contributed by atoms with Gasteiger partial charge < -0.3 is 4.57 Å². The fourth-order valence-corrected chi connectivity index (χ4v) is 1.78. The fraction of sp³-hybridized carbons (Fsp3) is 0.143. The minimum atomic E-state index is -0.0415. The number of hydrogen-bond donors (Lipinski definition) is 0. The first-order chi connectivity index (χ1) is 8.15. The average molecular weight is 224 g/mol. The molecule has 3 nitrogen and oxygen atoms in total. The summed E-state index contributed by atoms with van der Waals surface area (Å²) >= 11 is 0. The van der Waals surface area contributed by atoms with Gasteiger partial charge in [-0.3, -0.25) is 4.79 Å². The van der Waals surface area contributed by atoms with Crippen molar-refractivity contribution in [3.05, 3.63) is 58.9 Å². The molecule has 2 rings (SSSR count). The van der Waals surface area contributed by atoms with Gasteiger partial charge in [-0.05, 0) is 13.0 Å². The van der Waals surface area contributed by atoms with Crippen molar-refractivity contribution >= 4 is 5.78 Å². The number of carbonyl (C=O) groups excluding carboxylic acids is 1. The molecule has 1 heterocycles. The van der Waals surface area contributed by atoms with Crippen LogP contribution < -0.4 is 0 Å². The number of nitrogens with zero attached hydrogens (tertiary/aromatic N) is 2. The molecule has 1 aromatic heterocycles. The first-order valence-electron chi connectivity index (χ1n) is 5.31. The van der Waals surface area contributed by atoms with Crippen LogP contribution in [0.5, 0.6) is 0 Å². The van der Waals surface area contributed by atoms with Gasteiger partial charge in [-0.25, -0.2) is 0 Å². The van der Waals surface area contributed by atoms with Crippen molar-refractivity contribution in [2.45, 2.75) is 6.92 Å². The predicted molar refractivity (Wildman–Crippen MR) is 64.7 cm³/mol. The van der Waals surface area contributed by atoms with E-state index in [0.717, 1.165) is 5.69 Å². The standard InChI is InChI=1S/C14H12N2O/c1-10-13(8-12(9-15)16(10)2)14(17)11-6-4-3-5-7-11/h3-8H,1-2H3. The summed E-state index contributed by atoms with van der Waals surface area (Å²) in [6.07, 6.45) is 0. The first-order valence-corrected chi connectivity index (χ1v) is 5.31. The Morgan fingerprint density at radius 1 is 1.29 bits per heavy atom. The second-order valence-electron chi connectivity index (χ2n) is 3.89. The van der Waals surface area contributed by atoms with Crippen molar-refractivity contribution in [2.75, 3.05) is 0 Å². The van der Waals surface area contributed by atoms with E-state index >= 15 is 0 Å². The van der Waals surface area contributed by atoms with Crippen LogP contribution in [0.4, 0.5) is 0 Å². The topological polar surface area (TPSA) is 45.8 Å². The molecule has 0 aliphatic rings. The van der Waals surface area contributed by atoms with Gasteiger partial charge in [-0.1, -0.05) is 30.3 Å². The SMILES string of the molecule is Cc1c(C(=O)c2ccccc2)cc(C#N)n1C. The van der Waals surface area contributed by atoms with Crippen molar-refractivity contribution in [1.82, 2.24) is 4.57 Å². The zero-order valence-electron chi connectivity index (χ0n) is 9.77. The molecule has 0 unspecified atom stereocenters. The Balaban J connectivity index is 2.50. The average Bonchev–Trinajstić information content (AvgIpc) is 2.66. The van der Waals surface area contributed by atoms with Gasteiger partial charge in [0.05, 0.1) is 0 Å². The molecule has 0 radical (unpaired) electrons. The van der Waals surface area contributed by atoms with Gasteiger partial charge in [0.15, 0.2) is 5.78 Å². The van der Waals surface area contributed by atoms with Gasteiger partial charge in [0.2, 0.25) is 0 Å². The van der Waals surface area contributed by atoms with E-state index in [1.165, 1.54) is 0 Å². The lowest BCUT2D eigenvalue weighted by Crippen LogP contribution is -2.03. The molecule has 0 aliphatic carbocycles. The van der Waals surface area contributed by atoms with Crippen LogP contribution in [-0.4, -0.2) is 10.4 Å². The van der Waals surface area contributed by atoms with Gasteiger partial charge in [-0.2, -0.15) is 5.26 Å². The number of aromatic nitrogens is 1. The number of rotatable bonds is 2. The molecular weight excluding hydrogens is 212 g/mol. The largest absolute Gasteiger partial charge is 0.339 e. The van der Waals surface area contributed by atoms with E-state index in [9.17, 15) is 4.79 Å². The Morgan fingerprint density at radius 2 is 1.94 bits per heavy atom. The molecule has 0 fully saturated rings. The van der Waals surface area contributed by atoms with E-state index in [2.05, 4.69) is 6.07 Å². The summed E-state index contributed by atoms with van der Waals surface area (Å²) < 4.78 is 1.73. The predicted octanol–water partition coefficient (Wildman–Crippen LogP) is 2.44. The number of hydrogen-bond acceptors (Lipinski definition) is 2. The third-order valence-electron chi connectivity index (χ3n) is 2.93. The fourth-order valence-electron chi connectivity index (χ4n) is 1.78. The maximum absolute atomic E-state index is 12.2. The third-order valence-corrected chi connectivity index (χ3v) is 2.93. The highest BCUT2D eigenvalue weighted by Gasteiger charge is 2.16. The van der Waals surface area contributed by atoms with E-state index in [1.807, 2.05) is 25.1 Å². The highest BCUT2D eigenvalue weighted by molar-refractivity contribution is 6.10. The van der Waals surface area contributed by atoms with Crippen LogP contribution in [0.25, 0.3) is 0 Å². The number of carbonyl (C=O) groups is 1. The molecule has 0 spiro atoms. The molecule has 0 amide bonds. The summed E-state index contributed by atoms with van der Waals surface area (Å²) in [5.74, 6) is -0.0415. The Kier molecular flexibility index (Phi) is 2.80. The summed E-state index contributed by atoms with van der Waals surface area (Å²) in [4.78, 5) is 12.2. The molecule has 0 saturated heterocycles. The van der Waals surface area contributed by atoms with Gasteiger partial charge in [-0.15, -0.1) is 0 Å². The summed E-state index contributed by atoms with van der Waals surface area (Å²) in [6, 6.07) is 12.8. The van der Waals surface area contributed by atoms with Crippen LogP contribution in [0.1, 0.15) is 27.3 Å². The first kappa shape index (κ1) is 11.2. The van der Waals surface area contributed by atoms with Gasteiger partial charge >= 0.3 is 0 Å². The molecule has 17 heavy (non-hydrogen) atoms. The lowest BCUT2D eigenvalue weighted by atomic mass is 10.0. The van der Waals surface area contributed by atoms with Crippen LogP contribution in [-0.2, 0) is 7.05 Å². The molecule has 1 aromatic carbocycles. The number of ketones is 1. The van der Waals surface area contributed by atoms with E-state index in [4.69, 9.17) is 5.26 Å². The Labute approximate surface area is 99.9 Å². The molecule has 84 valence electrons. The van der Waals surface area contributed by atoms with E-state index in [1.54, 1.807) is 29.8 Å². The van der Waals surface area contributed by atoms with Crippen molar-refractivity contribution in [3.63, 3.8) is 0 Å². The third kappa shape index (κ3) is 1.85. The van der Waals surface area contributed by atoms with Gasteiger partial charge in [0.25, 0.3) is 0 Å². The Hall–Kier alpha value is -2.34. The Bertz CT molecular complexity index is 603. The molecule has 0 atom stereocenters. The smallest absolute Gasteiger partial charge is 0.194 e. The van der Waals surface area contributed by atoms with Crippen LogP contribution in [0.3, 0.4) is 0 Å². The zero-order valence-corrected chi connectivity index (χ0v) is 9.77. The second-order valence-corrected chi connectivity index (χ2v) is 3.89. The molecular formula is C14H12N2O. The minimum absolute atomic E-state index is 0.0415. The quantitative estimate of drug-likeness (QED) is 0.735. The second kappa shape index (κ2) is 4.26. The number of benzene rings is 1. The van der Waals surface area contributed by atoms with Gasteiger partial charge in [0, 0.05) is 23.9 Å². The summed E-state index contributed by atoms with van der Waals surface area (Å²) in [7, 11) is 1.79. The van der Waals surface area contributed by atoms with E-state index in [0.29, 0.717) is 16.8 Å². The van der Waals surface area contributed by atoms with Gasteiger partial charge in [0.1, 0.15) is 11.8 Å². The monoisotopic (exact) mass is 224 g/mol. The molecule has 0 saturated carbocycles. The number of nitriles is 1. The molecule has 3 heteroatoms. The minimum Gasteiger partial charge on any atom is -0.339 e. The summed E-state index contributed by atoms with van der Waals surface area (Å²) in [5, 5.41) is 8.93. The van der Waals surface area contributed by atoms with Crippen LogP contribution in [0.15, 0.2) is 36.4 Å². The van der Waals surface area contributed by atoms with Crippen LogP contribution in [0, 0.1) is 18.3 Å². The van der Waals surface area contributed by atoms with Crippen LogP contribution >= 0.6 is 0 Å². The Morgan fingerprint density at radius 3 is 2.47 bits per heavy atom. The highest BCUT2D eigenvalue weighted by atomic mass is 16.1. The van der Waals surface area contributed by atoms with E-state index in [-0.39, 0.29) is 5.78 Å². The summed E-state index contributed by atoms with van der Waals surface area (Å²) in [5.41, 5.74) is 2.55. The normalized spacial score (nSPS) is 9.94. The van der Waals surface area contributed by atoms with Crippen molar-refractivity contribution in [3.8, 4) is 6.07 Å². The molecule has 0 bridgehead atoms. The highest BCUT2D eigenvalue weighted by Crippen LogP contribution is 2.17. The molecule has 0 aliphatic heterocycles. The lowest BCUT2D eigenvalue weighted by Gasteiger charge is -2.01. The van der Waals surface area contributed by atoms with Crippen LogP contribution in [0.2, 0.25) is 0 Å².